The molecule has 1 aromatic carbocycles. The zero-order valence-corrected chi connectivity index (χ0v) is 11.4. The molecule has 5 heteroatoms. The van der Waals surface area contributed by atoms with Crippen LogP contribution < -0.4 is 9.47 Å². The van der Waals surface area contributed by atoms with Crippen molar-refractivity contribution in [3.05, 3.63) is 41.7 Å². The molecule has 2 aromatic rings. The number of ether oxygens (including phenoxy) is 2. The molecule has 0 radical (unpaired) electrons. The van der Waals surface area contributed by atoms with Gasteiger partial charge in [0, 0.05) is 11.6 Å². The van der Waals surface area contributed by atoms with E-state index in [0.29, 0.717) is 17.4 Å². The lowest BCUT2D eigenvalue weighted by Gasteiger charge is -2.10. The molecule has 0 aliphatic heterocycles. The molecule has 1 N–H and O–H groups in total. The standard InChI is InChI=1S/C15H17NO4/c1-11(17)10-19-14-6-4-3-5-12(14)7-8-13-9-15(18-2)16-20-13/h3-9,11,17H,10H2,1-2H3. The van der Waals surface area contributed by atoms with Crippen LogP contribution in [-0.2, 0) is 0 Å². The first-order valence-electron chi connectivity index (χ1n) is 6.27. The van der Waals surface area contributed by atoms with Crippen molar-refractivity contribution in [3.8, 4) is 11.6 Å². The largest absolute Gasteiger partial charge is 0.490 e. The van der Waals surface area contributed by atoms with E-state index in [2.05, 4.69) is 5.16 Å². The molecule has 0 saturated heterocycles. The maximum Gasteiger partial charge on any atom is 0.254 e. The molecule has 0 saturated carbocycles. The number of aromatic nitrogens is 1. The summed E-state index contributed by atoms with van der Waals surface area (Å²) in [6, 6.07) is 9.25. The van der Waals surface area contributed by atoms with Crippen molar-refractivity contribution in [2.45, 2.75) is 13.0 Å². The molecule has 1 atom stereocenters. The monoisotopic (exact) mass is 275 g/mol. The molecule has 0 amide bonds. The van der Waals surface area contributed by atoms with Crippen LogP contribution in [-0.4, -0.2) is 30.1 Å². The molecule has 5 nitrogen and oxygen atoms in total. The van der Waals surface area contributed by atoms with Crippen LogP contribution in [0.25, 0.3) is 12.2 Å². The number of benzene rings is 1. The van der Waals surface area contributed by atoms with Gasteiger partial charge >= 0.3 is 0 Å². The molecule has 2 rings (SSSR count). The fourth-order valence-electron chi connectivity index (χ4n) is 1.58. The van der Waals surface area contributed by atoms with Gasteiger partial charge < -0.3 is 19.1 Å². The second-order valence-electron chi connectivity index (χ2n) is 4.30. The normalized spacial score (nSPS) is 12.6. The molecule has 0 fully saturated rings. The molecule has 0 aliphatic rings. The molecule has 1 aromatic heterocycles. The third kappa shape index (κ3) is 3.86. The van der Waals surface area contributed by atoms with Crippen LogP contribution in [0.5, 0.6) is 11.6 Å². The molecular weight excluding hydrogens is 258 g/mol. The van der Waals surface area contributed by atoms with Crippen molar-refractivity contribution in [2.75, 3.05) is 13.7 Å². The van der Waals surface area contributed by atoms with Gasteiger partial charge in [-0.3, -0.25) is 0 Å². The summed E-state index contributed by atoms with van der Waals surface area (Å²) < 4.78 is 15.6. The highest BCUT2D eigenvalue weighted by Gasteiger charge is 2.03. The fraction of sp³-hybridized carbons (Fsp3) is 0.267. The van der Waals surface area contributed by atoms with Crippen molar-refractivity contribution in [3.63, 3.8) is 0 Å². The van der Waals surface area contributed by atoms with Crippen LogP contribution in [0.4, 0.5) is 0 Å². The first kappa shape index (κ1) is 14.1. The van der Waals surface area contributed by atoms with Crippen LogP contribution in [0.3, 0.4) is 0 Å². The van der Waals surface area contributed by atoms with Gasteiger partial charge in [-0.25, -0.2) is 0 Å². The summed E-state index contributed by atoms with van der Waals surface area (Å²) in [5.41, 5.74) is 0.892. The lowest BCUT2D eigenvalue weighted by Crippen LogP contribution is -2.13. The van der Waals surface area contributed by atoms with E-state index in [9.17, 15) is 5.11 Å². The summed E-state index contributed by atoms with van der Waals surface area (Å²) in [7, 11) is 1.53. The quantitative estimate of drug-likeness (QED) is 0.878. The molecular formula is C15H17NO4. The average Bonchev–Trinajstić information content (AvgIpc) is 2.91. The Balaban J connectivity index is 2.11. The van der Waals surface area contributed by atoms with Crippen LogP contribution >= 0.6 is 0 Å². The van der Waals surface area contributed by atoms with Crippen molar-refractivity contribution in [1.82, 2.24) is 5.16 Å². The van der Waals surface area contributed by atoms with E-state index in [4.69, 9.17) is 14.0 Å². The van der Waals surface area contributed by atoms with Crippen LogP contribution in [0.15, 0.2) is 34.9 Å². The summed E-state index contributed by atoms with van der Waals surface area (Å²) in [4.78, 5) is 0. The van der Waals surface area contributed by atoms with Crippen molar-refractivity contribution >= 4 is 12.2 Å². The number of hydrogen-bond donors (Lipinski definition) is 1. The smallest absolute Gasteiger partial charge is 0.254 e. The van der Waals surface area contributed by atoms with Crippen LogP contribution in [0.2, 0.25) is 0 Å². The zero-order valence-electron chi connectivity index (χ0n) is 11.4. The SMILES string of the molecule is COc1cc(C=Cc2ccccc2OCC(C)O)on1. The molecule has 1 heterocycles. The van der Waals surface area contributed by atoms with Gasteiger partial charge in [0.15, 0.2) is 5.76 Å². The van der Waals surface area contributed by atoms with Gasteiger partial charge in [0.25, 0.3) is 5.88 Å². The highest BCUT2D eigenvalue weighted by atomic mass is 16.5. The maximum atomic E-state index is 9.26. The molecule has 20 heavy (non-hydrogen) atoms. The van der Waals surface area contributed by atoms with Gasteiger partial charge in [-0.05, 0) is 30.3 Å². The number of para-hydroxylation sites is 1. The Bertz CT molecular complexity index is 575. The van der Waals surface area contributed by atoms with Crippen LogP contribution in [0, 0.1) is 0 Å². The number of aliphatic hydroxyl groups excluding tert-OH is 1. The highest BCUT2D eigenvalue weighted by molar-refractivity contribution is 5.70. The summed E-state index contributed by atoms with van der Waals surface area (Å²) >= 11 is 0. The molecule has 0 spiro atoms. The molecule has 0 aliphatic carbocycles. The van der Waals surface area contributed by atoms with Gasteiger partial charge in [-0.15, -0.1) is 0 Å². The number of rotatable bonds is 6. The highest BCUT2D eigenvalue weighted by Crippen LogP contribution is 2.21. The van der Waals surface area contributed by atoms with E-state index < -0.39 is 6.10 Å². The lowest BCUT2D eigenvalue weighted by molar-refractivity contribution is 0.122. The number of hydrogen-bond acceptors (Lipinski definition) is 5. The Morgan fingerprint density at radius 3 is 2.85 bits per heavy atom. The number of nitrogens with zero attached hydrogens (tertiary/aromatic N) is 1. The van der Waals surface area contributed by atoms with Gasteiger partial charge in [0.05, 0.1) is 13.2 Å². The van der Waals surface area contributed by atoms with Crippen molar-refractivity contribution in [1.29, 1.82) is 0 Å². The van der Waals surface area contributed by atoms with Gasteiger partial charge in [-0.2, -0.15) is 0 Å². The minimum atomic E-state index is -0.509. The number of methoxy groups -OCH3 is 1. The molecule has 0 bridgehead atoms. The van der Waals surface area contributed by atoms with Crippen molar-refractivity contribution < 1.29 is 19.1 Å². The van der Waals surface area contributed by atoms with Gasteiger partial charge in [0.2, 0.25) is 0 Å². The Kier molecular flexibility index (Phi) is 4.79. The third-order valence-electron chi connectivity index (χ3n) is 2.54. The summed E-state index contributed by atoms with van der Waals surface area (Å²) in [5, 5.41) is 13.0. The molecule has 106 valence electrons. The van der Waals surface area contributed by atoms with E-state index >= 15 is 0 Å². The second kappa shape index (κ2) is 6.77. The number of aliphatic hydroxyl groups is 1. The Morgan fingerprint density at radius 1 is 1.35 bits per heavy atom. The first-order chi connectivity index (χ1) is 9.69. The van der Waals surface area contributed by atoms with Gasteiger partial charge in [-0.1, -0.05) is 18.2 Å². The summed E-state index contributed by atoms with van der Waals surface area (Å²) in [6.45, 7) is 1.93. The maximum absolute atomic E-state index is 9.26. The summed E-state index contributed by atoms with van der Waals surface area (Å²) in [5.74, 6) is 1.73. The van der Waals surface area contributed by atoms with E-state index in [1.54, 1.807) is 19.1 Å². The Morgan fingerprint density at radius 2 is 2.15 bits per heavy atom. The topological polar surface area (TPSA) is 64.7 Å². The lowest BCUT2D eigenvalue weighted by atomic mass is 10.2. The Labute approximate surface area is 117 Å². The van der Waals surface area contributed by atoms with E-state index in [1.807, 2.05) is 30.3 Å². The van der Waals surface area contributed by atoms with Crippen molar-refractivity contribution in [2.24, 2.45) is 0 Å². The molecule has 1 unspecified atom stereocenters. The van der Waals surface area contributed by atoms with Crippen LogP contribution in [0.1, 0.15) is 18.2 Å². The van der Waals surface area contributed by atoms with E-state index in [0.717, 1.165) is 5.56 Å². The second-order valence-corrected chi connectivity index (χ2v) is 4.30. The van der Waals surface area contributed by atoms with E-state index in [-0.39, 0.29) is 6.61 Å². The predicted octanol–water partition coefficient (Wildman–Crippen LogP) is 2.61. The third-order valence-corrected chi connectivity index (χ3v) is 2.54. The average molecular weight is 275 g/mol. The van der Waals surface area contributed by atoms with E-state index in [1.165, 1.54) is 7.11 Å². The minimum Gasteiger partial charge on any atom is -0.490 e. The first-order valence-corrected chi connectivity index (χ1v) is 6.27. The minimum absolute atomic E-state index is 0.251. The summed E-state index contributed by atoms with van der Waals surface area (Å²) in [6.07, 6.45) is 3.13. The predicted molar refractivity (Wildman–Crippen MR) is 75.6 cm³/mol. The van der Waals surface area contributed by atoms with Gasteiger partial charge in [0.1, 0.15) is 12.4 Å². The fourth-order valence-corrected chi connectivity index (χ4v) is 1.58. The Hall–Kier alpha value is -2.27. The zero-order chi connectivity index (χ0) is 14.4.